The number of hydrogen-bond acceptors (Lipinski definition) is 7. The molecule has 0 aliphatic rings. The van der Waals surface area contributed by atoms with Crippen LogP contribution in [0, 0.1) is 0 Å². The van der Waals surface area contributed by atoms with Crippen molar-refractivity contribution in [1.29, 1.82) is 0 Å². The Hall–Kier alpha value is -0.660. The minimum absolute atomic E-state index is 0.342. The van der Waals surface area contributed by atoms with Gasteiger partial charge in [-0.15, -0.1) is 0 Å². The maximum atomic E-state index is 11.6. The van der Waals surface area contributed by atoms with E-state index in [1.807, 2.05) is 6.92 Å². The van der Waals surface area contributed by atoms with Gasteiger partial charge in [0.25, 0.3) is 0 Å². The molecule has 0 saturated carbocycles. The quantitative estimate of drug-likeness (QED) is 0.626. The van der Waals surface area contributed by atoms with Crippen LogP contribution in [0.4, 0.5) is 0 Å². The summed E-state index contributed by atoms with van der Waals surface area (Å²) in [5, 5.41) is 0. The second kappa shape index (κ2) is 6.32. The van der Waals surface area contributed by atoms with E-state index in [0.29, 0.717) is 12.4 Å². The first-order valence-electron chi connectivity index (χ1n) is 5.41. The molecule has 0 aliphatic carbocycles. The minimum atomic E-state index is -0.987. The predicted molar refractivity (Wildman–Crippen MR) is 69.2 cm³/mol. The number of esters is 1. The van der Waals surface area contributed by atoms with Crippen molar-refractivity contribution in [1.82, 2.24) is 9.36 Å². The van der Waals surface area contributed by atoms with Gasteiger partial charge < -0.3 is 10.5 Å². The third-order valence-corrected chi connectivity index (χ3v) is 4.21. The normalized spacial score (nSPS) is 14.4. The lowest BCUT2D eigenvalue weighted by atomic mass is 10.1. The number of ether oxygens (including phenoxy) is 1. The largest absolute Gasteiger partial charge is 0.465 e. The second-order valence-electron chi connectivity index (χ2n) is 3.76. The maximum absolute atomic E-state index is 11.6. The highest BCUT2D eigenvalue weighted by molar-refractivity contribution is 8.01. The molecule has 0 aliphatic heterocycles. The van der Waals surface area contributed by atoms with Gasteiger partial charge in [-0.2, -0.15) is 4.37 Å². The topological polar surface area (TPSA) is 78.1 Å². The van der Waals surface area contributed by atoms with Crippen LogP contribution in [0.1, 0.15) is 26.6 Å². The molecule has 0 amide bonds. The molecule has 0 bridgehead atoms. The summed E-state index contributed by atoms with van der Waals surface area (Å²) >= 11 is 2.77. The van der Waals surface area contributed by atoms with Crippen molar-refractivity contribution < 1.29 is 9.53 Å². The molecular formula is C10H17N3O2S2. The molecule has 1 unspecified atom stereocenters. The summed E-state index contributed by atoms with van der Waals surface area (Å²) in [4.78, 5) is 15.9. The molecule has 0 radical (unpaired) electrons. The zero-order valence-corrected chi connectivity index (χ0v) is 11.9. The van der Waals surface area contributed by atoms with E-state index in [4.69, 9.17) is 10.5 Å². The molecule has 1 atom stereocenters. The molecule has 96 valence electrons. The van der Waals surface area contributed by atoms with Crippen LogP contribution in [-0.4, -0.2) is 33.2 Å². The molecule has 0 aromatic carbocycles. The molecule has 2 N–H and O–H groups in total. The molecule has 5 nitrogen and oxygen atoms in total. The minimum Gasteiger partial charge on any atom is -0.465 e. The maximum Gasteiger partial charge on any atom is 0.326 e. The van der Waals surface area contributed by atoms with Crippen molar-refractivity contribution in [2.75, 3.05) is 12.4 Å². The summed E-state index contributed by atoms with van der Waals surface area (Å²) in [7, 11) is 0. The van der Waals surface area contributed by atoms with Crippen molar-refractivity contribution >= 4 is 29.3 Å². The Kier molecular flexibility index (Phi) is 5.35. The van der Waals surface area contributed by atoms with Crippen LogP contribution in [0.2, 0.25) is 0 Å². The Morgan fingerprint density at radius 1 is 1.59 bits per heavy atom. The number of aromatic nitrogens is 2. The summed E-state index contributed by atoms with van der Waals surface area (Å²) in [6.45, 7) is 5.77. The van der Waals surface area contributed by atoms with Crippen LogP contribution >= 0.6 is 23.3 Å². The van der Waals surface area contributed by atoms with Gasteiger partial charge in [0, 0.05) is 12.2 Å². The predicted octanol–water partition coefficient (Wildman–Crippen LogP) is 1.47. The highest BCUT2D eigenvalue weighted by Gasteiger charge is 2.30. The van der Waals surface area contributed by atoms with E-state index in [1.54, 1.807) is 13.8 Å². The standard InChI is InChI=1S/C10H17N3O2S2/c1-4-7-12-9(17-13-7)16-6-10(3,11)8(14)15-5-2/h4-6,11H2,1-3H3. The van der Waals surface area contributed by atoms with Crippen molar-refractivity contribution in [3.05, 3.63) is 5.82 Å². The molecule has 0 spiro atoms. The number of carbonyl (C=O) groups is 1. The van der Waals surface area contributed by atoms with Crippen LogP contribution in [0.3, 0.4) is 0 Å². The monoisotopic (exact) mass is 275 g/mol. The fraction of sp³-hybridized carbons (Fsp3) is 0.700. The van der Waals surface area contributed by atoms with E-state index < -0.39 is 5.54 Å². The Bertz CT molecular complexity index is 379. The second-order valence-corrected chi connectivity index (χ2v) is 5.73. The van der Waals surface area contributed by atoms with Gasteiger partial charge in [-0.1, -0.05) is 18.7 Å². The van der Waals surface area contributed by atoms with Gasteiger partial charge in [-0.3, -0.25) is 4.79 Å². The first-order valence-corrected chi connectivity index (χ1v) is 7.17. The van der Waals surface area contributed by atoms with Crippen LogP contribution in [0.5, 0.6) is 0 Å². The molecule has 0 saturated heterocycles. The SMILES string of the molecule is CCOC(=O)C(C)(N)CSc1nc(CC)ns1. The van der Waals surface area contributed by atoms with Gasteiger partial charge in [-0.05, 0) is 25.4 Å². The molecule has 1 aromatic rings. The molecule has 7 heteroatoms. The smallest absolute Gasteiger partial charge is 0.326 e. The van der Waals surface area contributed by atoms with E-state index in [9.17, 15) is 4.79 Å². The number of hydrogen-bond donors (Lipinski definition) is 1. The molecule has 1 heterocycles. The molecule has 0 fully saturated rings. The van der Waals surface area contributed by atoms with Gasteiger partial charge in [0.15, 0.2) is 4.34 Å². The van der Waals surface area contributed by atoms with Crippen LogP contribution in [0.25, 0.3) is 0 Å². The first-order chi connectivity index (χ1) is 7.99. The Morgan fingerprint density at radius 3 is 2.82 bits per heavy atom. The van der Waals surface area contributed by atoms with Crippen LogP contribution < -0.4 is 5.73 Å². The third-order valence-electron chi connectivity index (χ3n) is 2.00. The summed E-state index contributed by atoms with van der Waals surface area (Å²) < 4.78 is 9.92. The summed E-state index contributed by atoms with van der Waals surface area (Å²) in [6, 6.07) is 0. The highest BCUT2D eigenvalue weighted by atomic mass is 32.2. The third kappa shape index (κ3) is 4.25. The molecule has 1 rings (SSSR count). The lowest BCUT2D eigenvalue weighted by Crippen LogP contribution is -2.48. The van der Waals surface area contributed by atoms with Gasteiger partial charge in [0.2, 0.25) is 0 Å². The van der Waals surface area contributed by atoms with Crippen molar-refractivity contribution in [2.45, 2.75) is 37.1 Å². The van der Waals surface area contributed by atoms with Crippen molar-refractivity contribution in [3.63, 3.8) is 0 Å². The molecule has 1 aromatic heterocycles. The van der Waals surface area contributed by atoms with Gasteiger partial charge in [0.05, 0.1) is 6.61 Å². The fourth-order valence-electron chi connectivity index (χ4n) is 1.01. The number of rotatable bonds is 6. The lowest BCUT2D eigenvalue weighted by molar-refractivity contribution is -0.148. The van der Waals surface area contributed by atoms with Gasteiger partial charge >= 0.3 is 5.97 Å². The Balaban J connectivity index is 2.51. The van der Waals surface area contributed by atoms with E-state index in [0.717, 1.165) is 16.6 Å². The number of nitrogens with two attached hydrogens (primary N) is 1. The summed E-state index contributed by atoms with van der Waals surface area (Å²) in [5.74, 6) is 0.879. The first kappa shape index (κ1) is 14.4. The molecular weight excluding hydrogens is 258 g/mol. The average molecular weight is 275 g/mol. The van der Waals surface area contributed by atoms with Crippen LogP contribution in [-0.2, 0) is 16.0 Å². The van der Waals surface area contributed by atoms with E-state index in [1.165, 1.54) is 23.3 Å². The fourth-order valence-corrected chi connectivity index (χ4v) is 2.72. The van der Waals surface area contributed by atoms with E-state index in [2.05, 4.69) is 9.36 Å². The van der Waals surface area contributed by atoms with Gasteiger partial charge in [0.1, 0.15) is 11.4 Å². The summed E-state index contributed by atoms with van der Waals surface area (Å²) in [6.07, 6.45) is 0.814. The van der Waals surface area contributed by atoms with E-state index >= 15 is 0 Å². The van der Waals surface area contributed by atoms with Gasteiger partial charge in [-0.25, -0.2) is 4.98 Å². The Labute approximate surface area is 109 Å². The molecule has 17 heavy (non-hydrogen) atoms. The van der Waals surface area contributed by atoms with Crippen molar-refractivity contribution in [3.8, 4) is 0 Å². The van der Waals surface area contributed by atoms with E-state index in [-0.39, 0.29) is 5.97 Å². The highest BCUT2D eigenvalue weighted by Crippen LogP contribution is 2.24. The number of thioether (sulfide) groups is 1. The zero-order chi connectivity index (χ0) is 12.9. The number of nitrogens with zero attached hydrogens (tertiary/aromatic N) is 2. The lowest BCUT2D eigenvalue weighted by Gasteiger charge is -2.20. The zero-order valence-electron chi connectivity index (χ0n) is 10.2. The van der Waals surface area contributed by atoms with Crippen molar-refractivity contribution in [2.24, 2.45) is 5.73 Å². The van der Waals surface area contributed by atoms with Crippen LogP contribution in [0.15, 0.2) is 4.34 Å². The average Bonchev–Trinajstić information content (AvgIpc) is 2.75. The Morgan fingerprint density at radius 2 is 2.29 bits per heavy atom. The summed E-state index contributed by atoms with van der Waals surface area (Å²) in [5.41, 5.74) is 4.91. The number of carbonyl (C=O) groups excluding carboxylic acids is 1. The number of aryl methyl sites for hydroxylation is 1.